The molecule has 0 amide bonds. The van der Waals surface area contributed by atoms with E-state index in [0.717, 1.165) is 12.7 Å². The van der Waals surface area contributed by atoms with Gasteiger partial charge < -0.3 is 9.84 Å². The number of ether oxygens (including phenoxy) is 1. The fraction of sp³-hybridized carbons (Fsp3) is 0.211. The third kappa shape index (κ3) is 4.43. The molecule has 2 heterocycles. The number of hydrogen-bond donors (Lipinski definition) is 2. The van der Waals surface area contributed by atoms with Crippen LogP contribution in [-0.2, 0) is 21.2 Å². The SMILES string of the molecule is CCS(=O)(=O)Nc1nc(C(=O)OC)c(O)c2ncc(Cc3ccc(F)cc3)cc12. The molecule has 0 atom stereocenters. The number of esters is 1. The molecule has 29 heavy (non-hydrogen) atoms. The first-order chi connectivity index (χ1) is 13.7. The van der Waals surface area contributed by atoms with E-state index in [1.54, 1.807) is 18.2 Å². The number of nitrogens with one attached hydrogen (secondary N) is 1. The van der Waals surface area contributed by atoms with Gasteiger partial charge in [0.15, 0.2) is 11.4 Å². The van der Waals surface area contributed by atoms with Crippen LogP contribution < -0.4 is 4.72 Å². The van der Waals surface area contributed by atoms with Gasteiger partial charge in [-0.2, -0.15) is 0 Å². The molecule has 10 heteroatoms. The quantitative estimate of drug-likeness (QED) is 0.590. The van der Waals surface area contributed by atoms with Crippen molar-refractivity contribution < 1.29 is 27.4 Å². The lowest BCUT2D eigenvalue weighted by Gasteiger charge is -2.13. The summed E-state index contributed by atoms with van der Waals surface area (Å²) in [6, 6.07) is 7.51. The van der Waals surface area contributed by atoms with E-state index in [4.69, 9.17) is 0 Å². The van der Waals surface area contributed by atoms with Gasteiger partial charge in [0.2, 0.25) is 10.0 Å². The van der Waals surface area contributed by atoms with Gasteiger partial charge >= 0.3 is 5.97 Å². The van der Waals surface area contributed by atoms with E-state index >= 15 is 0 Å². The highest BCUT2D eigenvalue weighted by atomic mass is 32.2. The number of pyridine rings is 2. The number of aromatic hydroxyl groups is 1. The Hall–Kier alpha value is -3.27. The van der Waals surface area contributed by atoms with Crippen molar-refractivity contribution in [2.24, 2.45) is 0 Å². The lowest BCUT2D eigenvalue weighted by molar-refractivity contribution is 0.0591. The van der Waals surface area contributed by atoms with Crippen molar-refractivity contribution in [3.63, 3.8) is 0 Å². The third-order valence-electron chi connectivity index (χ3n) is 4.20. The second-order valence-corrected chi connectivity index (χ2v) is 8.21. The van der Waals surface area contributed by atoms with Gasteiger partial charge in [-0.25, -0.2) is 22.6 Å². The monoisotopic (exact) mass is 419 g/mol. The number of rotatable bonds is 6. The van der Waals surface area contributed by atoms with E-state index in [0.29, 0.717) is 12.0 Å². The van der Waals surface area contributed by atoms with Crippen molar-refractivity contribution in [3.8, 4) is 5.75 Å². The van der Waals surface area contributed by atoms with Crippen LogP contribution in [0, 0.1) is 5.82 Å². The maximum absolute atomic E-state index is 13.1. The lowest BCUT2D eigenvalue weighted by atomic mass is 10.0. The van der Waals surface area contributed by atoms with Crippen molar-refractivity contribution >= 4 is 32.7 Å². The molecule has 2 N–H and O–H groups in total. The van der Waals surface area contributed by atoms with E-state index in [1.807, 2.05) is 0 Å². The molecule has 1 aromatic carbocycles. The topological polar surface area (TPSA) is 118 Å². The minimum Gasteiger partial charge on any atom is -0.504 e. The summed E-state index contributed by atoms with van der Waals surface area (Å²) in [7, 11) is -2.60. The Bertz CT molecular complexity index is 1180. The highest BCUT2D eigenvalue weighted by Crippen LogP contribution is 2.32. The maximum atomic E-state index is 13.1. The molecular formula is C19H18FN3O5S. The molecule has 0 radical (unpaired) electrons. The first-order valence-corrected chi connectivity index (χ1v) is 10.2. The Morgan fingerprint density at radius 2 is 1.93 bits per heavy atom. The van der Waals surface area contributed by atoms with Gasteiger partial charge in [0.25, 0.3) is 0 Å². The number of carbonyl (C=O) groups excluding carboxylic acids is 1. The van der Waals surface area contributed by atoms with Crippen LogP contribution in [0.25, 0.3) is 10.9 Å². The maximum Gasteiger partial charge on any atom is 0.360 e. The summed E-state index contributed by atoms with van der Waals surface area (Å²) < 4.78 is 44.1. The highest BCUT2D eigenvalue weighted by Gasteiger charge is 2.23. The van der Waals surface area contributed by atoms with Crippen LogP contribution >= 0.6 is 0 Å². The van der Waals surface area contributed by atoms with Gasteiger partial charge in [-0.15, -0.1) is 0 Å². The fourth-order valence-electron chi connectivity index (χ4n) is 2.69. The van der Waals surface area contributed by atoms with Crippen LogP contribution in [0.4, 0.5) is 10.2 Å². The van der Waals surface area contributed by atoms with Crippen LogP contribution in [0.1, 0.15) is 28.5 Å². The van der Waals surface area contributed by atoms with Crippen molar-refractivity contribution in [1.82, 2.24) is 9.97 Å². The van der Waals surface area contributed by atoms with Gasteiger partial charge in [0.1, 0.15) is 17.2 Å². The van der Waals surface area contributed by atoms with Crippen molar-refractivity contribution in [1.29, 1.82) is 0 Å². The zero-order chi connectivity index (χ0) is 21.2. The van der Waals surface area contributed by atoms with E-state index in [9.17, 15) is 22.7 Å². The standard InChI is InChI=1S/C19H18FN3O5S/c1-3-29(26,27)23-18-14-9-12(8-11-4-6-13(20)7-5-11)10-21-15(14)17(24)16(22-18)19(25)28-2/h4-7,9-10,24H,3,8H2,1-2H3,(H,22,23). The molecule has 2 aromatic heterocycles. The summed E-state index contributed by atoms with van der Waals surface area (Å²) in [4.78, 5) is 20.1. The van der Waals surface area contributed by atoms with Gasteiger partial charge in [0.05, 0.1) is 12.9 Å². The zero-order valence-electron chi connectivity index (χ0n) is 15.6. The number of halogens is 1. The lowest BCUT2D eigenvalue weighted by Crippen LogP contribution is -2.17. The Labute approximate surface area is 166 Å². The molecule has 0 bridgehead atoms. The minimum absolute atomic E-state index is 0.00272. The van der Waals surface area contributed by atoms with Crippen LogP contribution in [0.15, 0.2) is 36.5 Å². The molecule has 3 rings (SSSR count). The van der Waals surface area contributed by atoms with Gasteiger partial charge in [0, 0.05) is 11.6 Å². The average molecular weight is 419 g/mol. The van der Waals surface area contributed by atoms with E-state index < -0.39 is 27.4 Å². The Morgan fingerprint density at radius 3 is 2.55 bits per heavy atom. The minimum atomic E-state index is -3.72. The average Bonchev–Trinajstić information content (AvgIpc) is 2.71. The van der Waals surface area contributed by atoms with Crippen LogP contribution in [0.3, 0.4) is 0 Å². The molecule has 8 nitrogen and oxygen atoms in total. The Kier molecular flexibility index (Phi) is 5.64. The first-order valence-electron chi connectivity index (χ1n) is 8.59. The highest BCUT2D eigenvalue weighted by molar-refractivity contribution is 7.92. The van der Waals surface area contributed by atoms with Crippen LogP contribution in [-0.4, -0.2) is 42.3 Å². The van der Waals surface area contributed by atoms with Crippen molar-refractivity contribution in [2.75, 3.05) is 17.6 Å². The Morgan fingerprint density at radius 1 is 1.24 bits per heavy atom. The number of benzene rings is 1. The van der Waals surface area contributed by atoms with E-state index in [-0.39, 0.29) is 28.3 Å². The van der Waals surface area contributed by atoms with Crippen LogP contribution in [0.2, 0.25) is 0 Å². The summed E-state index contributed by atoms with van der Waals surface area (Å²) in [5.74, 6) is -2.16. The number of hydrogen-bond acceptors (Lipinski definition) is 7. The van der Waals surface area contributed by atoms with Gasteiger partial charge in [-0.05, 0) is 42.7 Å². The molecule has 3 aromatic rings. The molecular weight excluding hydrogens is 401 g/mol. The number of fused-ring (bicyclic) bond motifs is 1. The summed E-state index contributed by atoms with van der Waals surface area (Å²) in [6.45, 7) is 1.45. The number of sulfonamides is 1. The molecule has 152 valence electrons. The largest absolute Gasteiger partial charge is 0.504 e. The molecule has 0 aliphatic heterocycles. The van der Waals surface area contributed by atoms with Crippen molar-refractivity contribution in [3.05, 3.63) is 59.2 Å². The smallest absolute Gasteiger partial charge is 0.360 e. The molecule has 0 aliphatic carbocycles. The predicted molar refractivity (Wildman–Crippen MR) is 105 cm³/mol. The first kappa shape index (κ1) is 20.5. The third-order valence-corrected chi connectivity index (χ3v) is 5.47. The molecule has 0 aliphatic rings. The normalized spacial score (nSPS) is 11.4. The van der Waals surface area contributed by atoms with Gasteiger partial charge in [-0.1, -0.05) is 12.1 Å². The van der Waals surface area contributed by atoms with Crippen molar-refractivity contribution in [2.45, 2.75) is 13.3 Å². The summed E-state index contributed by atoms with van der Waals surface area (Å²) >= 11 is 0. The molecule has 0 unspecified atom stereocenters. The molecule has 0 saturated carbocycles. The zero-order valence-corrected chi connectivity index (χ0v) is 16.5. The summed E-state index contributed by atoms with van der Waals surface area (Å²) in [5.41, 5.74) is 1.03. The number of nitrogens with zero attached hydrogens (tertiary/aromatic N) is 2. The predicted octanol–water partition coefficient (Wildman–Crippen LogP) is 2.61. The molecule has 0 fully saturated rings. The summed E-state index contributed by atoms with van der Waals surface area (Å²) in [6.07, 6.45) is 1.87. The molecule has 0 saturated heterocycles. The Balaban J connectivity index is 2.15. The second-order valence-electron chi connectivity index (χ2n) is 6.20. The van der Waals surface area contributed by atoms with E-state index in [1.165, 1.54) is 25.3 Å². The summed E-state index contributed by atoms with van der Waals surface area (Å²) in [5, 5.41) is 10.6. The number of carbonyl (C=O) groups is 1. The second kappa shape index (κ2) is 8.00. The van der Waals surface area contributed by atoms with Gasteiger partial charge in [-0.3, -0.25) is 9.71 Å². The van der Waals surface area contributed by atoms with E-state index in [2.05, 4.69) is 19.4 Å². The molecule has 0 spiro atoms. The number of anilines is 1. The fourth-order valence-corrected chi connectivity index (χ4v) is 3.28. The number of methoxy groups -OCH3 is 1. The number of aromatic nitrogens is 2. The van der Waals surface area contributed by atoms with Crippen LogP contribution in [0.5, 0.6) is 5.75 Å².